The zero-order valence-corrected chi connectivity index (χ0v) is 15.0. The Hall–Kier alpha value is -3.40. The first-order valence-corrected chi connectivity index (χ1v) is 8.95. The van der Waals surface area contributed by atoms with Crippen LogP contribution in [0.4, 0.5) is 0 Å². The van der Waals surface area contributed by atoms with E-state index >= 15 is 0 Å². The van der Waals surface area contributed by atoms with Gasteiger partial charge in [0.25, 0.3) is 5.56 Å². The molecular formula is C20H19N5O2. The second-order valence-corrected chi connectivity index (χ2v) is 6.83. The fourth-order valence-corrected chi connectivity index (χ4v) is 3.75. The Bertz CT molecular complexity index is 1140. The molecular weight excluding hydrogens is 342 g/mol. The molecule has 0 fully saturated rings. The van der Waals surface area contributed by atoms with Crippen molar-refractivity contribution in [1.29, 1.82) is 5.26 Å². The van der Waals surface area contributed by atoms with Gasteiger partial charge in [-0.3, -0.25) is 14.7 Å². The summed E-state index contributed by atoms with van der Waals surface area (Å²) in [6.07, 6.45) is 4.33. The van der Waals surface area contributed by atoms with E-state index in [4.69, 9.17) is 5.26 Å². The van der Waals surface area contributed by atoms with Crippen molar-refractivity contribution in [3.63, 3.8) is 0 Å². The molecule has 2 N–H and O–H groups in total. The fourth-order valence-electron chi connectivity index (χ4n) is 3.75. The maximum atomic E-state index is 12.7. The number of amides is 1. The number of carbonyl (C=O) groups excluding carboxylic acids is 1. The van der Waals surface area contributed by atoms with E-state index in [2.05, 4.69) is 27.5 Å². The van der Waals surface area contributed by atoms with Crippen LogP contribution in [0.2, 0.25) is 0 Å². The summed E-state index contributed by atoms with van der Waals surface area (Å²) in [7, 11) is 0. The van der Waals surface area contributed by atoms with Crippen molar-refractivity contribution < 1.29 is 4.79 Å². The Morgan fingerprint density at radius 2 is 2.26 bits per heavy atom. The number of hydrogen-bond donors (Lipinski definition) is 2. The molecule has 1 atom stereocenters. The van der Waals surface area contributed by atoms with Crippen LogP contribution in [0.25, 0.3) is 5.65 Å². The van der Waals surface area contributed by atoms with Gasteiger partial charge in [-0.05, 0) is 37.3 Å². The predicted molar refractivity (Wildman–Crippen MR) is 99.2 cm³/mol. The number of rotatable bonds is 3. The summed E-state index contributed by atoms with van der Waals surface area (Å²) in [5, 5.41) is 14.9. The van der Waals surface area contributed by atoms with Crippen LogP contribution < -0.4 is 10.9 Å². The van der Waals surface area contributed by atoms with Gasteiger partial charge in [-0.1, -0.05) is 24.3 Å². The summed E-state index contributed by atoms with van der Waals surface area (Å²) in [6.45, 7) is 1.69. The molecule has 1 aromatic carbocycles. The van der Waals surface area contributed by atoms with Crippen molar-refractivity contribution >= 4 is 11.6 Å². The normalized spacial score (nSPS) is 15.9. The average molecular weight is 361 g/mol. The fraction of sp³-hybridized carbons (Fsp3) is 0.300. The zero-order chi connectivity index (χ0) is 19.0. The van der Waals surface area contributed by atoms with Crippen molar-refractivity contribution in [3.8, 4) is 6.07 Å². The van der Waals surface area contributed by atoms with E-state index in [1.165, 1.54) is 16.3 Å². The van der Waals surface area contributed by atoms with Crippen molar-refractivity contribution in [1.82, 2.24) is 19.9 Å². The number of aromatic amines is 1. The quantitative estimate of drug-likeness (QED) is 0.744. The first-order chi connectivity index (χ1) is 13.1. The number of aryl methyl sites for hydroxylation is 2. The average Bonchev–Trinajstić information content (AvgIpc) is 3.08. The van der Waals surface area contributed by atoms with Gasteiger partial charge in [0.15, 0.2) is 5.65 Å². The Labute approximate surface area is 155 Å². The molecule has 2 aromatic heterocycles. The number of fused-ring (bicyclic) bond motifs is 2. The van der Waals surface area contributed by atoms with Crippen LogP contribution in [-0.2, 0) is 17.6 Å². The molecule has 0 spiro atoms. The van der Waals surface area contributed by atoms with Crippen LogP contribution in [0.5, 0.6) is 0 Å². The molecule has 3 aromatic rings. The first kappa shape index (κ1) is 17.0. The molecule has 7 nitrogen and oxygen atoms in total. The van der Waals surface area contributed by atoms with Crippen LogP contribution in [0.3, 0.4) is 0 Å². The van der Waals surface area contributed by atoms with Crippen molar-refractivity contribution in [2.75, 3.05) is 0 Å². The van der Waals surface area contributed by atoms with Gasteiger partial charge >= 0.3 is 0 Å². The minimum atomic E-state index is -0.349. The summed E-state index contributed by atoms with van der Waals surface area (Å²) in [5.41, 5.74) is 3.45. The summed E-state index contributed by atoms with van der Waals surface area (Å²) in [6, 6.07) is 10.1. The number of nitrogens with one attached hydrogen (secondary N) is 2. The number of H-pyrrole nitrogens is 1. The molecule has 4 rings (SSSR count). The van der Waals surface area contributed by atoms with E-state index in [0.29, 0.717) is 16.8 Å². The maximum absolute atomic E-state index is 12.7. The van der Waals surface area contributed by atoms with Gasteiger partial charge in [0.2, 0.25) is 5.91 Å². The van der Waals surface area contributed by atoms with E-state index in [1.54, 1.807) is 6.92 Å². The van der Waals surface area contributed by atoms with Gasteiger partial charge in [0.1, 0.15) is 11.6 Å². The molecule has 0 unspecified atom stereocenters. The van der Waals surface area contributed by atoms with Gasteiger partial charge < -0.3 is 5.32 Å². The van der Waals surface area contributed by atoms with Gasteiger partial charge in [0.05, 0.1) is 12.5 Å². The molecule has 7 heteroatoms. The molecule has 0 radical (unpaired) electrons. The second-order valence-electron chi connectivity index (χ2n) is 6.83. The highest BCUT2D eigenvalue weighted by Crippen LogP contribution is 2.29. The number of carbonyl (C=O) groups is 1. The van der Waals surface area contributed by atoms with E-state index in [-0.39, 0.29) is 29.6 Å². The molecule has 1 aliphatic carbocycles. The van der Waals surface area contributed by atoms with Gasteiger partial charge in [-0.25, -0.2) is 9.50 Å². The summed E-state index contributed by atoms with van der Waals surface area (Å²) in [4.78, 5) is 29.7. The predicted octanol–water partition coefficient (Wildman–Crippen LogP) is 1.94. The minimum absolute atomic E-state index is 0.0297. The lowest BCUT2D eigenvalue weighted by Gasteiger charge is -2.26. The molecule has 27 heavy (non-hydrogen) atoms. The number of nitrogens with zero attached hydrogens (tertiary/aromatic N) is 3. The largest absolute Gasteiger partial charge is 0.349 e. The highest BCUT2D eigenvalue weighted by atomic mass is 16.2. The standard InChI is InChI=1S/C20H19N5O2/c1-12-16(20(27)25-19(23-12)14(10-21)11-22-25)9-18(26)24-17-8-4-6-13-5-2-3-7-15(13)17/h2-3,5,7,11,17,22H,4,6,8-9H2,1H3,(H,24,26)/t17-/m0/s1. The van der Waals surface area contributed by atoms with E-state index in [0.717, 1.165) is 24.8 Å². The van der Waals surface area contributed by atoms with Crippen molar-refractivity contribution in [3.05, 3.63) is 68.8 Å². The number of aromatic nitrogens is 3. The third-order valence-corrected chi connectivity index (χ3v) is 5.12. The molecule has 1 amide bonds. The highest BCUT2D eigenvalue weighted by molar-refractivity contribution is 5.79. The van der Waals surface area contributed by atoms with Crippen LogP contribution in [0, 0.1) is 18.3 Å². The van der Waals surface area contributed by atoms with Crippen LogP contribution in [0.1, 0.15) is 46.8 Å². The van der Waals surface area contributed by atoms with Crippen molar-refractivity contribution in [2.24, 2.45) is 0 Å². The first-order valence-electron chi connectivity index (χ1n) is 8.95. The second kappa shape index (κ2) is 6.72. The Balaban J connectivity index is 1.59. The Morgan fingerprint density at radius 1 is 1.44 bits per heavy atom. The van der Waals surface area contributed by atoms with Crippen LogP contribution in [-0.4, -0.2) is 20.5 Å². The van der Waals surface area contributed by atoms with Crippen molar-refractivity contribution in [2.45, 2.75) is 38.6 Å². The SMILES string of the molecule is Cc1nc2c(C#N)c[nH]n2c(=O)c1CC(=O)N[C@H]1CCCc2ccccc21. The van der Waals surface area contributed by atoms with E-state index < -0.39 is 0 Å². The van der Waals surface area contributed by atoms with Crippen LogP contribution in [0.15, 0.2) is 35.3 Å². The monoisotopic (exact) mass is 361 g/mol. The summed E-state index contributed by atoms with van der Waals surface area (Å²) >= 11 is 0. The van der Waals surface area contributed by atoms with Crippen LogP contribution >= 0.6 is 0 Å². The third-order valence-electron chi connectivity index (χ3n) is 5.12. The number of benzene rings is 1. The highest BCUT2D eigenvalue weighted by Gasteiger charge is 2.23. The maximum Gasteiger partial charge on any atom is 0.276 e. The minimum Gasteiger partial charge on any atom is -0.349 e. The lowest BCUT2D eigenvalue weighted by Crippen LogP contribution is -2.34. The lowest BCUT2D eigenvalue weighted by atomic mass is 9.87. The lowest BCUT2D eigenvalue weighted by molar-refractivity contribution is -0.121. The van der Waals surface area contributed by atoms with Gasteiger partial charge in [0, 0.05) is 17.5 Å². The summed E-state index contributed by atoms with van der Waals surface area (Å²) in [5.74, 6) is -0.203. The molecule has 0 aliphatic heterocycles. The smallest absolute Gasteiger partial charge is 0.276 e. The van der Waals surface area contributed by atoms with E-state index in [1.807, 2.05) is 18.2 Å². The molecule has 1 aliphatic rings. The van der Waals surface area contributed by atoms with Gasteiger partial charge in [-0.2, -0.15) is 5.26 Å². The number of nitriles is 1. The molecule has 0 bridgehead atoms. The molecule has 136 valence electrons. The third kappa shape index (κ3) is 2.99. The molecule has 0 saturated heterocycles. The Morgan fingerprint density at radius 3 is 3.07 bits per heavy atom. The number of hydrogen-bond acceptors (Lipinski definition) is 4. The topological polar surface area (TPSA) is 103 Å². The molecule has 0 saturated carbocycles. The van der Waals surface area contributed by atoms with Gasteiger partial charge in [-0.15, -0.1) is 0 Å². The Kier molecular flexibility index (Phi) is 4.24. The zero-order valence-electron chi connectivity index (χ0n) is 15.0. The summed E-state index contributed by atoms with van der Waals surface area (Å²) < 4.78 is 1.21. The molecule has 2 heterocycles. The van der Waals surface area contributed by atoms with E-state index in [9.17, 15) is 9.59 Å².